The zero-order chi connectivity index (χ0) is 14.8. The van der Waals surface area contributed by atoms with Crippen LogP contribution in [0.5, 0.6) is 0 Å². The Morgan fingerprint density at radius 2 is 1.67 bits per heavy atom. The summed E-state index contributed by atoms with van der Waals surface area (Å²) in [7, 11) is 0. The Morgan fingerprint density at radius 3 is 2.33 bits per heavy atom. The highest BCUT2D eigenvalue weighted by Gasteiger charge is 2.19. The molecule has 3 rings (SSSR count). The maximum absolute atomic E-state index is 6.07. The van der Waals surface area contributed by atoms with Gasteiger partial charge in [-0.15, -0.1) is 0 Å². The second-order valence-corrected chi connectivity index (χ2v) is 6.76. The van der Waals surface area contributed by atoms with Crippen LogP contribution >= 0.6 is 34.2 Å². The van der Waals surface area contributed by atoms with Gasteiger partial charge in [0, 0.05) is 46.1 Å². The molecule has 0 spiro atoms. The normalized spacial score (nSPS) is 15.3. The highest BCUT2D eigenvalue weighted by molar-refractivity contribution is 14.1. The van der Waals surface area contributed by atoms with Crippen LogP contribution in [0.15, 0.2) is 42.5 Å². The van der Waals surface area contributed by atoms with E-state index in [2.05, 4.69) is 44.5 Å². The van der Waals surface area contributed by atoms with Crippen molar-refractivity contribution >= 4 is 51.3 Å². The lowest BCUT2D eigenvalue weighted by Gasteiger charge is -2.37. The minimum Gasteiger partial charge on any atom is -0.399 e. The third-order valence-electron chi connectivity index (χ3n) is 3.77. The van der Waals surface area contributed by atoms with Gasteiger partial charge in [0.1, 0.15) is 0 Å². The van der Waals surface area contributed by atoms with Gasteiger partial charge < -0.3 is 15.5 Å². The zero-order valence-electron chi connectivity index (χ0n) is 11.6. The molecule has 0 aliphatic carbocycles. The molecule has 0 saturated carbocycles. The van der Waals surface area contributed by atoms with Gasteiger partial charge in [0.05, 0.1) is 5.69 Å². The molecule has 1 saturated heterocycles. The van der Waals surface area contributed by atoms with Gasteiger partial charge >= 0.3 is 0 Å². The molecule has 5 heteroatoms. The molecule has 0 unspecified atom stereocenters. The fraction of sp³-hybridized carbons (Fsp3) is 0.250. The largest absolute Gasteiger partial charge is 0.399 e. The van der Waals surface area contributed by atoms with Crippen LogP contribution in [0.1, 0.15) is 0 Å². The molecule has 2 aromatic carbocycles. The fourth-order valence-corrected chi connectivity index (χ4v) is 3.72. The number of hydrogen-bond acceptors (Lipinski definition) is 3. The first-order valence-electron chi connectivity index (χ1n) is 6.94. The van der Waals surface area contributed by atoms with E-state index in [4.69, 9.17) is 17.3 Å². The van der Waals surface area contributed by atoms with Crippen molar-refractivity contribution in [1.29, 1.82) is 0 Å². The first-order valence-corrected chi connectivity index (χ1v) is 8.39. The highest BCUT2D eigenvalue weighted by Crippen LogP contribution is 2.27. The van der Waals surface area contributed by atoms with E-state index in [9.17, 15) is 0 Å². The lowest BCUT2D eigenvalue weighted by molar-refractivity contribution is 0.653. The van der Waals surface area contributed by atoms with Gasteiger partial charge in [-0.25, -0.2) is 0 Å². The smallest absolute Gasteiger partial charge is 0.0504 e. The Bertz CT molecular complexity index is 639. The number of halogens is 2. The van der Waals surface area contributed by atoms with E-state index in [1.54, 1.807) is 0 Å². The van der Waals surface area contributed by atoms with Crippen molar-refractivity contribution in [2.24, 2.45) is 0 Å². The molecular formula is C16H17ClIN3. The monoisotopic (exact) mass is 413 g/mol. The summed E-state index contributed by atoms with van der Waals surface area (Å²) in [5.74, 6) is 0. The molecule has 1 heterocycles. The van der Waals surface area contributed by atoms with Crippen LogP contribution in [0.2, 0.25) is 5.02 Å². The van der Waals surface area contributed by atoms with Crippen LogP contribution in [0.3, 0.4) is 0 Å². The van der Waals surface area contributed by atoms with Gasteiger partial charge in [0.25, 0.3) is 0 Å². The van der Waals surface area contributed by atoms with E-state index >= 15 is 0 Å². The van der Waals surface area contributed by atoms with E-state index in [0.29, 0.717) is 0 Å². The minimum atomic E-state index is 0.794. The van der Waals surface area contributed by atoms with Crippen LogP contribution in [0, 0.1) is 3.57 Å². The molecule has 110 valence electrons. The summed E-state index contributed by atoms with van der Waals surface area (Å²) in [6, 6.07) is 14.2. The first kappa shape index (κ1) is 14.8. The predicted molar refractivity (Wildman–Crippen MR) is 99.4 cm³/mol. The summed E-state index contributed by atoms with van der Waals surface area (Å²) in [4.78, 5) is 4.80. The molecular weight excluding hydrogens is 397 g/mol. The van der Waals surface area contributed by atoms with Crippen molar-refractivity contribution in [1.82, 2.24) is 0 Å². The molecule has 0 bridgehead atoms. The van der Waals surface area contributed by atoms with Gasteiger partial charge in [-0.1, -0.05) is 17.7 Å². The molecule has 0 radical (unpaired) electrons. The average molecular weight is 414 g/mol. The molecule has 0 amide bonds. The number of anilines is 3. The fourth-order valence-electron chi connectivity index (χ4n) is 2.66. The molecule has 2 N–H and O–H groups in total. The standard InChI is InChI=1S/C16H17ClIN3/c17-12-2-1-3-14(10-12)20-6-8-21(9-7-20)16-5-4-13(19)11-15(16)18/h1-5,10-11H,6-9,19H2. The van der Waals surface area contributed by atoms with Gasteiger partial charge in [0.2, 0.25) is 0 Å². The van der Waals surface area contributed by atoms with Crippen LogP contribution in [-0.4, -0.2) is 26.2 Å². The van der Waals surface area contributed by atoms with Crippen molar-refractivity contribution in [3.63, 3.8) is 0 Å². The van der Waals surface area contributed by atoms with Crippen molar-refractivity contribution < 1.29 is 0 Å². The van der Waals surface area contributed by atoms with Crippen LogP contribution in [0.4, 0.5) is 17.1 Å². The van der Waals surface area contributed by atoms with Crippen molar-refractivity contribution in [3.8, 4) is 0 Å². The van der Waals surface area contributed by atoms with Crippen LogP contribution in [-0.2, 0) is 0 Å². The molecule has 0 atom stereocenters. The maximum Gasteiger partial charge on any atom is 0.0504 e. The summed E-state index contributed by atoms with van der Waals surface area (Å²) >= 11 is 8.43. The predicted octanol–water partition coefficient (Wildman–Crippen LogP) is 3.85. The summed E-state index contributed by atoms with van der Waals surface area (Å²) in [5.41, 5.74) is 9.12. The molecule has 21 heavy (non-hydrogen) atoms. The van der Waals surface area contributed by atoms with Crippen LogP contribution < -0.4 is 15.5 Å². The lowest BCUT2D eigenvalue weighted by Crippen LogP contribution is -2.46. The quantitative estimate of drug-likeness (QED) is 0.599. The first-order chi connectivity index (χ1) is 10.1. The zero-order valence-corrected chi connectivity index (χ0v) is 14.5. The summed E-state index contributed by atoms with van der Waals surface area (Å²) in [5, 5.41) is 0.794. The molecule has 1 aliphatic rings. The van der Waals surface area contributed by atoms with Crippen molar-refractivity contribution in [2.75, 3.05) is 41.7 Å². The third-order valence-corrected chi connectivity index (χ3v) is 4.86. The molecule has 0 aromatic heterocycles. The van der Waals surface area contributed by atoms with E-state index in [0.717, 1.165) is 36.9 Å². The maximum atomic E-state index is 6.07. The van der Waals surface area contributed by atoms with Crippen molar-refractivity contribution in [3.05, 3.63) is 51.1 Å². The Morgan fingerprint density at radius 1 is 0.952 bits per heavy atom. The molecule has 1 fully saturated rings. The van der Waals surface area contributed by atoms with Gasteiger partial charge in [0.15, 0.2) is 0 Å². The van der Waals surface area contributed by atoms with Crippen LogP contribution in [0.25, 0.3) is 0 Å². The van der Waals surface area contributed by atoms with Gasteiger partial charge in [-0.2, -0.15) is 0 Å². The minimum absolute atomic E-state index is 0.794. The molecule has 1 aliphatic heterocycles. The Hall–Kier alpha value is -1.14. The average Bonchev–Trinajstić information content (AvgIpc) is 2.47. The Kier molecular flexibility index (Phi) is 4.45. The second-order valence-electron chi connectivity index (χ2n) is 5.16. The number of benzene rings is 2. The number of nitrogens with zero attached hydrogens (tertiary/aromatic N) is 2. The van der Waals surface area contributed by atoms with Gasteiger partial charge in [-0.05, 0) is 59.0 Å². The number of nitrogen functional groups attached to an aromatic ring is 1. The van der Waals surface area contributed by atoms with Gasteiger partial charge in [-0.3, -0.25) is 0 Å². The highest BCUT2D eigenvalue weighted by atomic mass is 127. The molecule has 3 nitrogen and oxygen atoms in total. The summed E-state index contributed by atoms with van der Waals surface area (Å²) in [6.45, 7) is 4.01. The Balaban J connectivity index is 1.70. The van der Waals surface area contributed by atoms with Crippen molar-refractivity contribution in [2.45, 2.75) is 0 Å². The van der Waals surface area contributed by atoms with E-state index in [1.807, 2.05) is 30.3 Å². The topological polar surface area (TPSA) is 32.5 Å². The number of piperazine rings is 1. The van der Waals surface area contributed by atoms with E-state index < -0.39 is 0 Å². The summed E-state index contributed by atoms with van der Waals surface area (Å²) in [6.07, 6.45) is 0. The van der Waals surface area contributed by atoms with E-state index in [-0.39, 0.29) is 0 Å². The molecule has 2 aromatic rings. The Labute approximate surface area is 143 Å². The third kappa shape index (κ3) is 3.37. The van der Waals surface area contributed by atoms with E-state index in [1.165, 1.54) is 14.9 Å². The number of rotatable bonds is 2. The number of hydrogen-bond donors (Lipinski definition) is 1. The second kappa shape index (κ2) is 6.32. The lowest BCUT2D eigenvalue weighted by atomic mass is 10.2. The summed E-state index contributed by atoms with van der Waals surface area (Å²) < 4.78 is 1.21. The number of nitrogens with two attached hydrogens (primary N) is 1. The SMILES string of the molecule is Nc1ccc(N2CCN(c3cccc(Cl)c3)CC2)c(I)c1.